The van der Waals surface area contributed by atoms with Crippen LogP contribution in [0.2, 0.25) is 0 Å². The summed E-state index contributed by atoms with van der Waals surface area (Å²) >= 11 is 2.93. The van der Waals surface area contributed by atoms with Gasteiger partial charge >= 0.3 is 6.03 Å². The molecule has 0 saturated heterocycles. The normalized spacial score (nSPS) is 10.2. The van der Waals surface area contributed by atoms with Crippen LogP contribution in [-0.2, 0) is 6.54 Å². The van der Waals surface area contributed by atoms with E-state index in [-0.39, 0.29) is 10.2 Å². The zero-order valence-electron chi connectivity index (χ0n) is 10.3. The third kappa shape index (κ3) is 3.77. The van der Waals surface area contributed by atoms with Gasteiger partial charge in [-0.2, -0.15) is 0 Å². The number of hydrogen-bond acceptors (Lipinski definition) is 1. The maximum absolute atomic E-state index is 13.5. The third-order valence-corrected chi connectivity index (χ3v) is 3.16. The summed E-state index contributed by atoms with van der Waals surface area (Å²) in [6.45, 7) is 0.316. The van der Waals surface area contributed by atoms with Crippen LogP contribution in [0.25, 0.3) is 0 Å². The van der Waals surface area contributed by atoms with E-state index in [9.17, 15) is 13.6 Å². The van der Waals surface area contributed by atoms with E-state index in [1.165, 1.54) is 6.07 Å². The van der Waals surface area contributed by atoms with E-state index in [1.54, 1.807) is 0 Å². The van der Waals surface area contributed by atoms with E-state index in [0.29, 0.717) is 12.6 Å². The number of amides is 2. The maximum Gasteiger partial charge on any atom is 0.319 e. The Hall–Kier alpha value is -1.95. The summed E-state index contributed by atoms with van der Waals surface area (Å²) < 4.78 is 26.6. The van der Waals surface area contributed by atoms with Crippen molar-refractivity contribution in [3.63, 3.8) is 0 Å². The van der Waals surface area contributed by atoms with Crippen LogP contribution in [0.1, 0.15) is 5.56 Å². The first-order valence-corrected chi connectivity index (χ1v) is 6.59. The molecule has 0 aromatic heterocycles. The molecule has 0 spiro atoms. The Morgan fingerprint density at radius 3 is 2.50 bits per heavy atom. The predicted octanol–water partition coefficient (Wildman–Crippen LogP) is 4.05. The first-order chi connectivity index (χ1) is 9.56. The van der Waals surface area contributed by atoms with Gasteiger partial charge in [-0.25, -0.2) is 13.6 Å². The Bertz CT molecular complexity index is 620. The smallest absolute Gasteiger partial charge is 0.319 e. The second-order valence-electron chi connectivity index (χ2n) is 4.04. The summed E-state index contributed by atoms with van der Waals surface area (Å²) in [6.07, 6.45) is 0. The van der Waals surface area contributed by atoms with Crippen molar-refractivity contribution in [3.8, 4) is 0 Å². The van der Waals surface area contributed by atoms with Crippen LogP contribution >= 0.6 is 15.9 Å². The lowest BCUT2D eigenvalue weighted by atomic mass is 10.2. The number of benzene rings is 2. The Morgan fingerprint density at radius 1 is 1.10 bits per heavy atom. The molecule has 0 radical (unpaired) electrons. The molecule has 0 fully saturated rings. The number of carbonyl (C=O) groups is 1. The molecule has 3 nitrogen and oxygen atoms in total. The second kappa shape index (κ2) is 6.47. The minimum atomic E-state index is -0.833. The van der Waals surface area contributed by atoms with Crippen LogP contribution in [0.5, 0.6) is 0 Å². The average Bonchev–Trinajstić information content (AvgIpc) is 2.44. The summed E-state index contributed by atoms with van der Waals surface area (Å²) in [5.41, 5.74) is 0.826. The van der Waals surface area contributed by atoms with Gasteiger partial charge in [0.2, 0.25) is 0 Å². The Morgan fingerprint density at radius 2 is 1.80 bits per heavy atom. The highest BCUT2D eigenvalue weighted by Crippen LogP contribution is 2.23. The summed E-state index contributed by atoms with van der Waals surface area (Å²) in [4.78, 5) is 11.6. The summed E-state index contributed by atoms with van der Waals surface area (Å²) in [5.74, 6) is -1.56. The molecular weight excluding hydrogens is 330 g/mol. The molecule has 20 heavy (non-hydrogen) atoms. The van der Waals surface area contributed by atoms with Crippen LogP contribution in [0, 0.1) is 11.6 Å². The zero-order chi connectivity index (χ0) is 14.5. The lowest BCUT2D eigenvalue weighted by molar-refractivity contribution is 0.251. The first kappa shape index (κ1) is 14.5. The Balaban J connectivity index is 1.97. The van der Waals surface area contributed by atoms with Crippen molar-refractivity contribution in [1.82, 2.24) is 5.32 Å². The first-order valence-electron chi connectivity index (χ1n) is 5.79. The van der Waals surface area contributed by atoms with Crippen LogP contribution in [-0.4, -0.2) is 6.03 Å². The summed E-state index contributed by atoms with van der Waals surface area (Å²) in [7, 11) is 0. The molecule has 6 heteroatoms. The molecule has 0 aliphatic heterocycles. The topological polar surface area (TPSA) is 41.1 Å². The number of halogens is 3. The van der Waals surface area contributed by atoms with Gasteiger partial charge in [0.15, 0.2) is 0 Å². The number of nitrogens with one attached hydrogen (secondary N) is 2. The largest absolute Gasteiger partial charge is 0.334 e. The number of anilines is 1. The van der Waals surface area contributed by atoms with Gasteiger partial charge < -0.3 is 10.6 Å². The van der Waals surface area contributed by atoms with Gasteiger partial charge in [0.25, 0.3) is 0 Å². The number of carbonyl (C=O) groups excluding carboxylic acids is 1. The van der Waals surface area contributed by atoms with Crippen molar-refractivity contribution < 1.29 is 13.6 Å². The average molecular weight is 341 g/mol. The van der Waals surface area contributed by atoms with Crippen molar-refractivity contribution in [1.29, 1.82) is 0 Å². The van der Waals surface area contributed by atoms with E-state index in [1.807, 2.05) is 30.3 Å². The fraction of sp³-hybridized carbons (Fsp3) is 0.0714. The Labute approximate surface area is 123 Å². The SMILES string of the molecule is O=C(NCc1ccccc1)Nc1cc(Br)c(F)cc1F. The van der Waals surface area contributed by atoms with Gasteiger partial charge in [0.05, 0.1) is 10.2 Å². The third-order valence-electron chi connectivity index (χ3n) is 2.55. The minimum absolute atomic E-state index is 0.0808. The van der Waals surface area contributed by atoms with Crippen LogP contribution in [0.4, 0.5) is 19.3 Å². The summed E-state index contributed by atoms with van der Waals surface area (Å²) in [6, 6.07) is 10.6. The van der Waals surface area contributed by atoms with Gasteiger partial charge in [-0.15, -0.1) is 0 Å². The molecule has 2 aromatic carbocycles. The monoisotopic (exact) mass is 340 g/mol. The van der Waals surface area contributed by atoms with Crippen molar-refractivity contribution in [2.75, 3.05) is 5.32 Å². The fourth-order valence-electron chi connectivity index (χ4n) is 1.56. The molecule has 0 unspecified atom stereocenters. The molecule has 0 bridgehead atoms. The molecule has 0 aliphatic rings. The van der Waals surface area contributed by atoms with Gasteiger partial charge in [-0.3, -0.25) is 0 Å². The lowest BCUT2D eigenvalue weighted by Gasteiger charge is -2.09. The van der Waals surface area contributed by atoms with E-state index in [2.05, 4.69) is 26.6 Å². The molecule has 0 saturated carbocycles. The second-order valence-corrected chi connectivity index (χ2v) is 4.89. The molecule has 2 N–H and O–H groups in total. The van der Waals surface area contributed by atoms with Crippen LogP contribution in [0.15, 0.2) is 46.9 Å². The molecule has 0 aliphatic carbocycles. The van der Waals surface area contributed by atoms with E-state index in [4.69, 9.17) is 0 Å². The quantitative estimate of drug-likeness (QED) is 0.813. The molecule has 2 aromatic rings. The zero-order valence-corrected chi connectivity index (χ0v) is 11.9. The van der Waals surface area contributed by atoms with Crippen molar-refractivity contribution in [2.45, 2.75) is 6.54 Å². The standard InChI is InChI=1S/C14H11BrF2N2O/c15-10-6-13(12(17)7-11(10)16)19-14(20)18-8-9-4-2-1-3-5-9/h1-7H,8H2,(H2,18,19,20). The van der Waals surface area contributed by atoms with E-state index >= 15 is 0 Å². The van der Waals surface area contributed by atoms with Crippen molar-refractivity contribution in [2.24, 2.45) is 0 Å². The number of hydrogen-bond donors (Lipinski definition) is 2. The highest BCUT2D eigenvalue weighted by atomic mass is 79.9. The van der Waals surface area contributed by atoms with Gasteiger partial charge in [-0.1, -0.05) is 30.3 Å². The van der Waals surface area contributed by atoms with Gasteiger partial charge in [0, 0.05) is 12.6 Å². The van der Waals surface area contributed by atoms with Gasteiger partial charge in [0.1, 0.15) is 11.6 Å². The van der Waals surface area contributed by atoms with E-state index in [0.717, 1.165) is 5.56 Å². The van der Waals surface area contributed by atoms with Crippen molar-refractivity contribution >= 4 is 27.6 Å². The van der Waals surface area contributed by atoms with Crippen molar-refractivity contribution in [3.05, 3.63) is 64.1 Å². The van der Waals surface area contributed by atoms with E-state index < -0.39 is 17.7 Å². The lowest BCUT2D eigenvalue weighted by Crippen LogP contribution is -2.28. The highest BCUT2D eigenvalue weighted by Gasteiger charge is 2.10. The highest BCUT2D eigenvalue weighted by molar-refractivity contribution is 9.10. The number of rotatable bonds is 3. The molecule has 2 rings (SSSR count). The Kier molecular flexibility index (Phi) is 4.68. The van der Waals surface area contributed by atoms with Gasteiger partial charge in [-0.05, 0) is 27.6 Å². The fourth-order valence-corrected chi connectivity index (χ4v) is 1.91. The predicted molar refractivity (Wildman–Crippen MR) is 76.4 cm³/mol. The molecule has 2 amide bonds. The summed E-state index contributed by atoms with van der Waals surface area (Å²) in [5, 5.41) is 4.91. The molecular formula is C14H11BrF2N2O. The minimum Gasteiger partial charge on any atom is -0.334 e. The molecule has 0 heterocycles. The maximum atomic E-state index is 13.5. The van der Waals surface area contributed by atoms with Crippen LogP contribution in [0.3, 0.4) is 0 Å². The number of urea groups is 1. The molecule has 0 atom stereocenters. The molecule has 104 valence electrons. The van der Waals surface area contributed by atoms with Crippen LogP contribution < -0.4 is 10.6 Å².